The molecular weight excluding hydrogens is 280 g/mol. The smallest absolute Gasteiger partial charge is 0.330 e. The van der Waals surface area contributed by atoms with E-state index < -0.39 is 8.32 Å². The van der Waals surface area contributed by atoms with Crippen LogP contribution in [0, 0.1) is 0 Å². The maximum Gasteiger partial charge on any atom is 0.330 e. The van der Waals surface area contributed by atoms with E-state index in [9.17, 15) is 4.79 Å². The Bertz CT molecular complexity index is 275. The molecule has 0 unspecified atom stereocenters. The fourth-order valence-corrected chi connectivity index (χ4v) is 5.94. The highest BCUT2D eigenvalue weighted by atomic mass is 28.4. The first kappa shape index (κ1) is 20.4. The van der Waals surface area contributed by atoms with Gasteiger partial charge in [0.05, 0.1) is 6.61 Å². The second-order valence-corrected chi connectivity index (χ2v) is 10.1. The van der Waals surface area contributed by atoms with E-state index in [-0.39, 0.29) is 5.97 Å². The number of hydrogen-bond acceptors (Lipinski definition) is 3. The highest BCUT2D eigenvalue weighted by Crippen LogP contribution is 2.25. The second-order valence-electron chi connectivity index (χ2n) is 5.57. The van der Waals surface area contributed by atoms with Crippen LogP contribution in [0.15, 0.2) is 12.7 Å². The summed E-state index contributed by atoms with van der Waals surface area (Å²) in [6.45, 7) is 11.5. The van der Waals surface area contributed by atoms with E-state index in [2.05, 4.69) is 27.4 Å². The standard InChI is InChI=1S/C17H34O3Si/c1-5-17(18)19-15-13-11-9-10-12-14-16-21(7-3,8-4)20-6-2/h5H,1,6-16H2,2-4H3. The molecule has 0 N–H and O–H groups in total. The first-order chi connectivity index (χ1) is 10.1. The maximum absolute atomic E-state index is 10.8. The predicted molar refractivity (Wildman–Crippen MR) is 92.0 cm³/mol. The average molecular weight is 315 g/mol. The molecule has 0 aromatic rings. The summed E-state index contributed by atoms with van der Waals surface area (Å²) in [6.07, 6.45) is 8.43. The summed E-state index contributed by atoms with van der Waals surface area (Å²) < 4.78 is 11.1. The molecule has 0 radical (unpaired) electrons. The Morgan fingerprint density at radius 1 is 1.00 bits per heavy atom. The van der Waals surface area contributed by atoms with E-state index in [0.717, 1.165) is 19.4 Å². The molecule has 0 rings (SSSR count). The Kier molecular flexibility index (Phi) is 12.7. The second kappa shape index (κ2) is 13.1. The summed E-state index contributed by atoms with van der Waals surface area (Å²) in [6, 6.07) is 3.79. The number of carbonyl (C=O) groups is 1. The van der Waals surface area contributed by atoms with E-state index in [1.807, 2.05) is 0 Å². The molecule has 0 spiro atoms. The highest BCUT2D eigenvalue weighted by molar-refractivity contribution is 6.73. The molecule has 3 nitrogen and oxygen atoms in total. The van der Waals surface area contributed by atoms with Crippen molar-refractivity contribution < 1.29 is 14.0 Å². The quantitative estimate of drug-likeness (QED) is 0.194. The molecule has 0 aromatic heterocycles. The monoisotopic (exact) mass is 314 g/mol. The summed E-state index contributed by atoms with van der Waals surface area (Å²) in [4.78, 5) is 10.8. The van der Waals surface area contributed by atoms with Crippen molar-refractivity contribution in [1.82, 2.24) is 0 Å². The Labute approximate surface area is 132 Å². The molecule has 0 bridgehead atoms. The molecule has 0 amide bonds. The number of ether oxygens (including phenoxy) is 1. The van der Waals surface area contributed by atoms with Crippen LogP contribution >= 0.6 is 0 Å². The van der Waals surface area contributed by atoms with Crippen molar-refractivity contribution in [3.63, 3.8) is 0 Å². The molecule has 0 fully saturated rings. The Balaban J connectivity index is 3.54. The molecule has 0 saturated heterocycles. The zero-order valence-corrected chi connectivity index (χ0v) is 15.3. The first-order valence-corrected chi connectivity index (χ1v) is 11.1. The zero-order chi connectivity index (χ0) is 16.0. The molecule has 0 aliphatic heterocycles. The predicted octanol–water partition coefficient (Wildman–Crippen LogP) is 5.08. The van der Waals surface area contributed by atoms with Crippen LogP contribution in [0.4, 0.5) is 0 Å². The van der Waals surface area contributed by atoms with Crippen LogP contribution in [0.1, 0.15) is 59.3 Å². The lowest BCUT2D eigenvalue weighted by atomic mass is 10.1. The van der Waals surface area contributed by atoms with Gasteiger partial charge in [-0.25, -0.2) is 4.79 Å². The van der Waals surface area contributed by atoms with Gasteiger partial charge in [-0.3, -0.25) is 0 Å². The van der Waals surface area contributed by atoms with Crippen molar-refractivity contribution in [2.24, 2.45) is 0 Å². The summed E-state index contributed by atoms with van der Waals surface area (Å²) in [7, 11) is -1.41. The van der Waals surface area contributed by atoms with E-state index >= 15 is 0 Å². The SMILES string of the molecule is C=CC(=O)OCCCCCCCC[Si](CC)(CC)OCC. The average Bonchev–Trinajstić information content (AvgIpc) is 2.51. The van der Waals surface area contributed by atoms with Crippen LogP contribution in [-0.4, -0.2) is 27.5 Å². The summed E-state index contributed by atoms with van der Waals surface area (Å²) in [5, 5.41) is 0. The Morgan fingerprint density at radius 3 is 2.10 bits per heavy atom. The third-order valence-electron chi connectivity index (χ3n) is 4.18. The van der Waals surface area contributed by atoms with Gasteiger partial charge in [0, 0.05) is 12.7 Å². The molecule has 0 aromatic carbocycles. The normalized spacial score (nSPS) is 11.4. The van der Waals surface area contributed by atoms with Gasteiger partial charge in [0.1, 0.15) is 0 Å². The van der Waals surface area contributed by atoms with Crippen LogP contribution < -0.4 is 0 Å². The Hall–Kier alpha value is -0.613. The molecule has 0 heterocycles. The third kappa shape index (κ3) is 9.85. The lowest BCUT2D eigenvalue weighted by Crippen LogP contribution is -2.36. The van der Waals surface area contributed by atoms with Gasteiger partial charge in [-0.05, 0) is 31.5 Å². The van der Waals surface area contributed by atoms with Gasteiger partial charge >= 0.3 is 5.97 Å². The molecule has 0 aliphatic carbocycles. The molecular formula is C17H34O3Si. The highest BCUT2D eigenvalue weighted by Gasteiger charge is 2.29. The minimum absolute atomic E-state index is 0.314. The van der Waals surface area contributed by atoms with Crippen molar-refractivity contribution in [3.05, 3.63) is 12.7 Å². The first-order valence-electron chi connectivity index (χ1n) is 8.57. The van der Waals surface area contributed by atoms with Crippen molar-refractivity contribution in [2.45, 2.75) is 77.4 Å². The van der Waals surface area contributed by atoms with E-state index in [1.165, 1.54) is 49.9 Å². The van der Waals surface area contributed by atoms with E-state index in [4.69, 9.17) is 9.16 Å². The summed E-state index contributed by atoms with van der Waals surface area (Å²) >= 11 is 0. The Morgan fingerprint density at radius 2 is 1.57 bits per heavy atom. The minimum Gasteiger partial charge on any atom is -0.463 e. The molecule has 0 saturated carbocycles. The largest absolute Gasteiger partial charge is 0.463 e. The maximum atomic E-state index is 10.8. The van der Waals surface area contributed by atoms with Crippen LogP contribution in [0.3, 0.4) is 0 Å². The van der Waals surface area contributed by atoms with Crippen LogP contribution in [-0.2, 0) is 14.0 Å². The van der Waals surface area contributed by atoms with Crippen LogP contribution in [0.2, 0.25) is 18.1 Å². The van der Waals surface area contributed by atoms with Gasteiger partial charge in [-0.15, -0.1) is 0 Å². The molecule has 4 heteroatoms. The number of esters is 1. The fraction of sp³-hybridized carbons (Fsp3) is 0.824. The van der Waals surface area contributed by atoms with Gasteiger partial charge in [0.2, 0.25) is 0 Å². The van der Waals surface area contributed by atoms with E-state index in [0.29, 0.717) is 6.61 Å². The number of hydrogen-bond donors (Lipinski definition) is 0. The van der Waals surface area contributed by atoms with Gasteiger partial charge in [0.25, 0.3) is 0 Å². The third-order valence-corrected chi connectivity index (χ3v) is 8.92. The zero-order valence-electron chi connectivity index (χ0n) is 14.3. The van der Waals surface area contributed by atoms with Gasteiger partial charge in [-0.2, -0.15) is 0 Å². The van der Waals surface area contributed by atoms with Crippen LogP contribution in [0.25, 0.3) is 0 Å². The van der Waals surface area contributed by atoms with Crippen molar-refractivity contribution in [3.8, 4) is 0 Å². The summed E-state index contributed by atoms with van der Waals surface area (Å²) in [5.41, 5.74) is 0. The van der Waals surface area contributed by atoms with Gasteiger partial charge in [-0.1, -0.05) is 52.5 Å². The minimum atomic E-state index is -1.41. The van der Waals surface area contributed by atoms with Crippen molar-refractivity contribution >= 4 is 14.3 Å². The van der Waals surface area contributed by atoms with E-state index in [1.54, 1.807) is 0 Å². The van der Waals surface area contributed by atoms with Crippen molar-refractivity contribution in [1.29, 1.82) is 0 Å². The molecule has 124 valence electrons. The number of unbranched alkanes of at least 4 members (excludes halogenated alkanes) is 5. The number of carbonyl (C=O) groups excluding carboxylic acids is 1. The van der Waals surface area contributed by atoms with Crippen LogP contribution in [0.5, 0.6) is 0 Å². The summed E-state index contributed by atoms with van der Waals surface area (Å²) in [5.74, 6) is -0.314. The lowest BCUT2D eigenvalue weighted by Gasteiger charge is -2.28. The van der Waals surface area contributed by atoms with Gasteiger partial charge < -0.3 is 9.16 Å². The molecule has 21 heavy (non-hydrogen) atoms. The van der Waals surface area contributed by atoms with Crippen molar-refractivity contribution in [2.75, 3.05) is 13.2 Å². The topological polar surface area (TPSA) is 35.5 Å². The van der Waals surface area contributed by atoms with Gasteiger partial charge in [0.15, 0.2) is 8.32 Å². The molecule has 0 atom stereocenters. The lowest BCUT2D eigenvalue weighted by molar-refractivity contribution is -0.137. The molecule has 0 aliphatic rings. The fourth-order valence-electron chi connectivity index (χ4n) is 2.67. The number of rotatable bonds is 14.